The molecular formula is C14H16FNS2. The van der Waals surface area contributed by atoms with Crippen molar-refractivity contribution in [2.45, 2.75) is 17.9 Å². The van der Waals surface area contributed by atoms with Gasteiger partial charge in [0.05, 0.1) is 0 Å². The van der Waals surface area contributed by atoms with E-state index in [4.69, 9.17) is 0 Å². The van der Waals surface area contributed by atoms with Crippen molar-refractivity contribution in [3.8, 4) is 0 Å². The topological polar surface area (TPSA) is 12.0 Å². The van der Waals surface area contributed by atoms with Gasteiger partial charge in [-0.15, -0.1) is 11.8 Å². The Hall–Kier alpha value is -0.840. The van der Waals surface area contributed by atoms with Crippen molar-refractivity contribution in [1.82, 2.24) is 5.32 Å². The molecule has 0 aliphatic rings. The second-order valence-corrected chi connectivity index (χ2v) is 5.81. The van der Waals surface area contributed by atoms with E-state index in [1.54, 1.807) is 35.2 Å². The summed E-state index contributed by atoms with van der Waals surface area (Å²) in [5.74, 6) is 0.740. The van der Waals surface area contributed by atoms with Crippen molar-refractivity contribution in [3.63, 3.8) is 0 Å². The molecule has 0 radical (unpaired) electrons. The van der Waals surface area contributed by atoms with Crippen molar-refractivity contribution < 1.29 is 4.39 Å². The first-order valence-electron chi connectivity index (χ1n) is 5.93. The van der Waals surface area contributed by atoms with Gasteiger partial charge in [-0.2, -0.15) is 11.3 Å². The van der Waals surface area contributed by atoms with Crippen LogP contribution in [0, 0.1) is 5.82 Å². The van der Waals surface area contributed by atoms with Crippen LogP contribution < -0.4 is 5.32 Å². The molecule has 0 saturated carbocycles. The summed E-state index contributed by atoms with van der Waals surface area (Å²) in [5.41, 5.74) is 1.31. The number of thioether (sulfide) groups is 1. The van der Waals surface area contributed by atoms with Crippen LogP contribution in [0.15, 0.2) is 46.0 Å². The van der Waals surface area contributed by atoms with Crippen LogP contribution in [0.25, 0.3) is 0 Å². The van der Waals surface area contributed by atoms with Crippen molar-refractivity contribution in [3.05, 3.63) is 52.5 Å². The van der Waals surface area contributed by atoms with Gasteiger partial charge in [0.15, 0.2) is 0 Å². The van der Waals surface area contributed by atoms with Crippen LogP contribution in [-0.4, -0.2) is 12.3 Å². The fourth-order valence-corrected chi connectivity index (χ4v) is 3.48. The quantitative estimate of drug-likeness (QED) is 0.791. The molecule has 1 aromatic heterocycles. The van der Waals surface area contributed by atoms with Crippen LogP contribution in [0.4, 0.5) is 4.39 Å². The molecule has 96 valence electrons. The number of hydrogen-bond acceptors (Lipinski definition) is 3. The van der Waals surface area contributed by atoms with Crippen LogP contribution in [0.3, 0.4) is 0 Å². The highest BCUT2D eigenvalue weighted by atomic mass is 32.2. The van der Waals surface area contributed by atoms with Gasteiger partial charge in [-0.05, 0) is 47.1 Å². The number of thiophene rings is 1. The average Bonchev–Trinajstić information content (AvgIpc) is 2.88. The fraction of sp³-hybridized carbons (Fsp3) is 0.286. The van der Waals surface area contributed by atoms with E-state index in [1.807, 2.05) is 6.07 Å². The minimum atomic E-state index is -0.171. The van der Waals surface area contributed by atoms with Crippen LogP contribution in [-0.2, 0) is 0 Å². The second-order valence-electron chi connectivity index (χ2n) is 3.94. The Morgan fingerprint density at radius 2 is 2.28 bits per heavy atom. The molecule has 1 unspecified atom stereocenters. The minimum Gasteiger partial charge on any atom is -0.309 e. The van der Waals surface area contributed by atoms with E-state index in [0.717, 1.165) is 17.2 Å². The standard InChI is InChI=1S/C14H16FNS2/c1-2-16-14(11-6-7-17-9-11)10-18-13-5-3-4-12(15)8-13/h3-9,14,16H,2,10H2,1H3. The molecule has 0 aliphatic carbocycles. The third-order valence-corrected chi connectivity index (χ3v) is 4.40. The zero-order valence-electron chi connectivity index (χ0n) is 10.2. The van der Waals surface area contributed by atoms with Crippen molar-refractivity contribution in [2.75, 3.05) is 12.3 Å². The largest absolute Gasteiger partial charge is 0.309 e. The second kappa shape index (κ2) is 6.92. The Morgan fingerprint density at radius 3 is 2.94 bits per heavy atom. The van der Waals surface area contributed by atoms with Gasteiger partial charge in [0.1, 0.15) is 5.82 Å². The Labute approximate surface area is 115 Å². The van der Waals surface area contributed by atoms with E-state index in [2.05, 4.69) is 29.1 Å². The predicted octanol–water partition coefficient (Wildman–Crippen LogP) is 4.33. The molecule has 2 rings (SSSR count). The Kier molecular flexibility index (Phi) is 5.23. The molecule has 1 nitrogen and oxygen atoms in total. The molecule has 4 heteroatoms. The van der Waals surface area contributed by atoms with Gasteiger partial charge >= 0.3 is 0 Å². The van der Waals surface area contributed by atoms with Gasteiger partial charge in [-0.1, -0.05) is 13.0 Å². The molecule has 18 heavy (non-hydrogen) atoms. The van der Waals surface area contributed by atoms with E-state index in [1.165, 1.54) is 11.6 Å². The highest BCUT2D eigenvalue weighted by Gasteiger charge is 2.11. The summed E-state index contributed by atoms with van der Waals surface area (Å²) in [5, 5.41) is 7.72. The first-order valence-corrected chi connectivity index (χ1v) is 7.86. The normalized spacial score (nSPS) is 12.6. The van der Waals surface area contributed by atoms with Gasteiger partial charge < -0.3 is 5.32 Å². The fourth-order valence-electron chi connectivity index (χ4n) is 1.73. The van der Waals surface area contributed by atoms with Crippen LogP contribution in [0.1, 0.15) is 18.5 Å². The van der Waals surface area contributed by atoms with Gasteiger partial charge in [0.25, 0.3) is 0 Å². The molecule has 1 N–H and O–H groups in total. The summed E-state index contributed by atoms with van der Waals surface area (Å²) in [6, 6.07) is 9.24. The van der Waals surface area contributed by atoms with Gasteiger partial charge in [0, 0.05) is 16.7 Å². The lowest BCUT2D eigenvalue weighted by atomic mass is 10.2. The van der Waals surface area contributed by atoms with E-state index < -0.39 is 0 Å². The zero-order chi connectivity index (χ0) is 12.8. The number of nitrogens with one attached hydrogen (secondary N) is 1. The van der Waals surface area contributed by atoms with E-state index in [9.17, 15) is 4.39 Å². The lowest BCUT2D eigenvalue weighted by Crippen LogP contribution is -2.22. The summed E-state index contributed by atoms with van der Waals surface area (Å²) >= 11 is 3.39. The smallest absolute Gasteiger partial charge is 0.124 e. The van der Waals surface area contributed by atoms with E-state index >= 15 is 0 Å². The molecular weight excluding hydrogens is 265 g/mol. The lowest BCUT2D eigenvalue weighted by Gasteiger charge is -2.16. The minimum absolute atomic E-state index is 0.171. The summed E-state index contributed by atoms with van der Waals surface area (Å²) in [6.45, 7) is 3.04. The average molecular weight is 281 g/mol. The van der Waals surface area contributed by atoms with Crippen molar-refractivity contribution in [2.24, 2.45) is 0 Å². The maximum atomic E-state index is 13.1. The van der Waals surface area contributed by atoms with Crippen molar-refractivity contribution in [1.29, 1.82) is 0 Å². The summed E-state index contributed by atoms with van der Waals surface area (Å²) in [7, 11) is 0. The Balaban J connectivity index is 1.98. The molecule has 1 heterocycles. The predicted molar refractivity (Wildman–Crippen MR) is 77.9 cm³/mol. The van der Waals surface area contributed by atoms with E-state index in [-0.39, 0.29) is 5.82 Å². The third kappa shape index (κ3) is 3.83. The highest BCUT2D eigenvalue weighted by molar-refractivity contribution is 7.99. The number of benzene rings is 1. The molecule has 0 fully saturated rings. The summed E-state index contributed by atoms with van der Waals surface area (Å²) in [4.78, 5) is 0.980. The number of hydrogen-bond donors (Lipinski definition) is 1. The molecule has 0 amide bonds. The number of halogens is 1. The van der Waals surface area contributed by atoms with Gasteiger partial charge in [0.2, 0.25) is 0 Å². The third-order valence-electron chi connectivity index (χ3n) is 2.61. The molecule has 2 aromatic rings. The highest BCUT2D eigenvalue weighted by Crippen LogP contribution is 2.26. The maximum Gasteiger partial charge on any atom is 0.124 e. The monoisotopic (exact) mass is 281 g/mol. The van der Waals surface area contributed by atoms with Gasteiger partial charge in [-0.3, -0.25) is 0 Å². The summed E-state index contributed by atoms with van der Waals surface area (Å²) in [6.07, 6.45) is 0. The van der Waals surface area contributed by atoms with Crippen LogP contribution in [0.5, 0.6) is 0 Å². The number of rotatable bonds is 6. The molecule has 1 aromatic carbocycles. The molecule has 0 spiro atoms. The zero-order valence-corrected chi connectivity index (χ0v) is 11.9. The summed E-state index contributed by atoms with van der Waals surface area (Å²) < 4.78 is 13.1. The molecule has 0 aliphatic heterocycles. The van der Waals surface area contributed by atoms with E-state index in [0.29, 0.717) is 6.04 Å². The van der Waals surface area contributed by atoms with Crippen LogP contribution >= 0.6 is 23.1 Å². The van der Waals surface area contributed by atoms with Gasteiger partial charge in [-0.25, -0.2) is 4.39 Å². The Bertz CT molecular complexity index is 470. The first-order chi connectivity index (χ1) is 8.79. The molecule has 1 atom stereocenters. The Morgan fingerprint density at radius 1 is 1.39 bits per heavy atom. The molecule has 0 bridgehead atoms. The SMILES string of the molecule is CCNC(CSc1cccc(F)c1)c1ccsc1. The molecule has 0 saturated heterocycles. The van der Waals surface area contributed by atoms with Crippen molar-refractivity contribution >= 4 is 23.1 Å². The lowest BCUT2D eigenvalue weighted by molar-refractivity contribution is 0.607. The van der Waals surface area contributed by atoms with Crippen LogP contribution in [0.2, 0.25) is 0 Å². The maximum absolute atomic E-state index is 13.1. The first kappa shape index (κ1) is 13.6.